The number of hydrogen-bond acceptors (Lipinski definition) is 4. The third-order valence-electron chi connectivity index (χ3n) is 3.40. The van der Waals surface area contributed by atoms with Crippen molar-refractivity contribution in [1.82, 2.24) is 10.1 Å². The van der Waals surface area contributed by atoms with Gasteiger partial charge in [0.1, 0.15) is 0 Å². The Bertz CT molecular complexity index is 617. The van der Waals surface area contributed by atoms with E-state index >= 15 is 0 Å². The van der Waals surface area contributed by atoms with Crippen molar-refractivity contribution >= 4 is 11.8 Å². The molecule has 0 spiro atoms. The Kier molecular flexibility index (Phi) is 5.33. The highest BCUT2D eigenvalue weighted by Crippen LogP contribution is 2.15. The van der Waals surface area contributed by atoms with E-state index in [1.165, 1.54) is 11.1 Å². The van der Waals surface area contributed by atoms with Crippen molar-refractivity contribution in [3.8, 4) is 0 Å². The molecule has 0 aliphatic carbocycles. The maximum atomic E-state index is 11.9. The minimum Gasteiger partial charge on any atom is -0.338 e. The molecule has 22 heavy (non-hydrogen) atoms. The number of aryl methyl sites for hydroxylation is 1. The predicted molar refractivity (Wildman–Crippen MR) is 86.7 cm³/mol. The average Bonchev–Trinajstić information content (AvgIpc) is 2.84. The SMILES string of the molecule is Cc1cc(NC(=O)CN(C)Cc2ccc(C(C)C)cc2)on1. The van der Waals surface area contributed by atoms with Crippen LogP contribution in [-0.4, -0.2) is 29.6 Å². The third-order valence-corrected chi connectivity index (χ3v) is 3.40. The Labute approximate surface area is 131 Å². The zero-order valence-electron chi connectivity index (χ0n) is 13.6. The van der Waals surface area contributed by atoms with Crippen molar-refractivity contribution in [2.24, 2.45) is 0 Å². The lowest BCUT2D eigenvalue weighted by atomic mass is 10.0. The number of hydrogen-bond donors (Lipinski definition) is 1. The number of rotatable bonds is 6. The summed E-state index contributed by atoms with van der Waals surface area (Å²) in [5.74, 6) is 0.803. The summed E-state index contributed by atoms with van der Waals surface area (Å²) in [7, 11) is 1.92. The smallest absolute Gasteiger partial charge is 0.240 e. The van der Waals surface area contributed by atoms with Crippen molar-refractivity contribution in [2.45, 2.75) is 33.2 Å². The summed E-state index contributed by atoms with van der Waals surface area (Å²) in [6.07, 6.45) is 0. The van der Waals surface area contributed by atoms with E-state index in [2.05, 4.69) is 48.6 Å². The highest BCUT2D eigenvalue weighted by molar-refractivity contribution is 5.90. The summed E-state index contributed by atoms with van der Waals surface area (Å²) in [6.45, 7) is 7.19. The van der Waals surface area contributed by atoms with Crippen molar-refractivity contribution in [2.75, 3.05) is 18.9 Å². The van der Waals surface area contributed by atoms with Crippen molar-refractivity contribution in [3.63, 3.8) is 0 Å². The van der Waals surface area contributed by atoms with E-state index < -0.39 is 0 Å². The van der Waals surface area contributed by atoms with Gasteiger partial charge in [-0.05, 0) is 31.0 Å². The largest absolute Gasteiger partial charge is 0.338 e. The first kappa shape index (κ1) is 16.2. The van der Waals surface area contributed by atoms with Gasteiger partial charge in [0.15, 0.2) is 0 Å². The van der Waals surface area contributed by atoms with Gasteiger partial charge in [-0.25, -0.2) is 0 Å². The molecule has 5 heteroatoms. The van der Waals surface area contributed by atoms with E-state index in [1.54, 1.807) is 6.07 Å². The molecule has 1 heterocycles. The van der Waals surface area contributed by atoms with Gasteiger partial charge in [0.05, 0.1) is 12.2 Å². The quantitative estimate of drug-likeness (QED) is 0.890. The normalized spacial score (nSPS) is 11.2. The van der Waals surface area contributed by atoms with Crippen LogP contribution in [0.1, 0.15) is 36.6 Å². The lowest BCUT2D eigenvalue weighted by Gasteiger charge is -2.16. The average molecular weight is 301 g/mol. The lowest BCUT2D eigenvalue weighted by Crippen LogP contribution is -2.29. The first-order valence-corrected chi connectivity index (χ1v) is 7.44. The van der Waals surface area contributed by atoms with E-state index in [4.69, 9.17) is 4.52 Å². The van der Waals surface area contributed by atoms with Crippen LogP contribution in [0.2, 0.25) is 0 Å². The number of carbonyl (C=O) groups excluding carboxylic acids is 1. The molecule has 0 atom stereocenters. The van der Waals surface area contributed by atoms with Gasteiger partial charge in [-0.1, -0.05) is 43.3 Å². The fourth-order valence-electron chi connectivity index (χ4n) is 2.22. The van der Waals surface area contributed by atoms with E-state index in [0.717, 1.165) is 12.2 Å². The monoisotopic (exact) mass is 301 g/mol. The molecule has 0 saturated heterocycles. The van der Waals surface area contributed by atoms with Gasteiger partial charge in [0.25, 0.3) is 0 Å². The Morgan fingerprint density at radius 1 is 1.32 bits per heavy atom. The zero-order valence-corrected chi connectivity index (χ0v) is 13.6. The summed E-state index contributed by atoms with van der Waals surface area (Å²) in [5.41, 5.74) is 3.26. The summed E-state index contributed by atoms with van der Waals surface area (Å²) >= 11 is 0. The number of carbonyl (C=O) groups is 1. The van der Waals surface area contributed by atoms with E-state index in [1.807, 2.05) is 18.9 Å². The Balaban J connectivity index is 1.84. The van der Waals surface area contributed by atoms with Crippen LogP contribution >= 0.6 is 0 Å². The van der Waals surface area contributed by atoms with Crippen LogP contribution in [0.5, 0.6) is 0 Å². The molecule has 0 unspecified atom stereocenters. The van der Waals surface area contributed by atoms with Crippen LogP contribution in [0.3, 0.4) is 0 Å². The van der Waals surface area contributed by atoms with Gasteiger partial charge in [-0.2, -0.15) is 0 Å². The second-order valence-corrected chi connectivity index (χ2v) is 5.95. The third kappa shape index (κ3) is 4.70. The van der Waals surface area contributed by atoms with Crippen molar-refractivity contribution in [3.05, 3.63) is 47.2 Å². The molecule has 0 aliphatic heterocycles. The highest BCUT2D eigenvalue weighted by Gasteiger charge is 2.10. The molecule has 0 radical (unpaired) electrons. The number of amides is 1. The molecule has 0 aliphatic rings. The van der Waals surface area contributed by atoms with Crippen LogP contribution in [0.15, 0.2) is 34.9 Å². The molecule has 2 rings (SSSR count). The van der Waals surface area contributed by atoms with Gasteiger partial charge in [-0.3, -0.25) is 15.0 Å². The first-order valence-electron chi connectivity index (χ1n) is 7.44. The lowest BCUT2D eigenvalue weighted by molar-refractivity contribution is -0.117. The van der Waals surface area contributed by atoms with Crippen LogP contribution < -0.4 is 5.32 Å². The number of benzene rings is 1. The molecule has 118 valence electrons. The molecule has 1 aromatic heterocycles. The summed E-state index contributed by atoms with van der Waals surface area (Å²) in [6, 6.07) is 10.2. The fraction of sp³-hybridized carbons (Fsp3) is 0.412. The van der Waals surface area contributed by atoms with Gasteiger partial charge in [0.2, 0.25) is 11.8 Å². The van der Waals surface area contributed by atoms with E-state index in [0.29, 0.717) is 18.3 Å². The Morgan fingerprint density at radius 3 is 2.55 bits per heavy atom. The standard InChI is InChI=1S/C17H23N3O2/c1-12(2)15-7-5-14(6-8-15)10-20(4)11-16(21)18-17-9-13(3)19-22-17/h5-9,12H,10-11H2,1-4H3,(H,18,21). The maximum Gasteiger partial charge on any atom is 0.240 e. The van der Waals surface area contributed by atoms with Crippen molar-refractivity contribution < 1.29 is 9.32 Å². The zero-order chi connectivity index (χ0) is 16.1. The fourth-order valence-corrected chi connectivity index (χ4v) is 2.22. The Morgan fingerprint density at radius 2 is 2.00 bits per heavy atom. The maximum absolute atomic E-state index is 11.9. The molecule has 2 aromatic rings. The van der Waals surface area contributed by atoms with Crippen LogP contribution in [-0.2, 0) is 11.3 Å². The minimum absolute atomic E-state index is 0.113. The van der Waals surface area contributed by atoms with Gasteiger partial charge in [-0.15, -0.1) is 0 Å². The molecule has 0 bridgehead atoms. The molecular weight excluding hydrogens is 278 g/mol. The second kappa shape index (κ2) is 7.22. The van der Waals surface area contributed by atoms with Gasteiger partial charge < -0.3 is 4.52 Å². The number of likely N-dealkylation sites (N-methyl/N-ethyl adjacent to an activating group) is 1. The molecule has 0 fully saturated rings. The first-order chi connectivity index (χ1) is 10.4. The number of aromatic nitrogens is 1. The summed E-state index contributed by atoms with van der Waals surface area (Å²) in [5, 5.41) is 6.43. The molecule has 0 saturated carbocycles. The van der Waals surface area contributed by atoms with Crippen LogP contribution in [0, 0.1) is 6.92 Å². The molecular formula is C17H23N3O2. The van der Waals surface area contributed by atoms with Crippen LogP contribution in [0.4, 0.5) is 5.88 Å². The minimum atomic E-state index is -0.113. The van der Waals surface area contributed by atoms with Crippen LogP contribution in [0.25, 0.3) is 0 Å². The van der Waals surface area contributed by atoms with E-state index in [9.17, 15) is 4.79 Å². The number of anilines is 1. The highest BCUT2D eigenvalue weighted by atomic mass is 16.5. The van der Waals surface area contributed by atoms with E-state index in [-0.39, 0.29) is 5.91 Å². The molecule has 1 amide bonds. The Hall–Kier alpha value is -2.14. The molecule has 1 N–H and O–H groups in total. The van der Waals surface area contributed by atoms with Crippen molar-refractivity contribution in [1.29, 1.82) is 0 Å². The second-order valence-electron chi connectivity index (χ2n) is 5.95. The summed E-state index contributed by atoms with van der Waals surface area (Å²) in [4.78, 5) is 13.9. The topological polar surface area (TPSA) is 58.4 Å². The van der Waals surface area contributed by atoms with Gasteiger partial charge in [0, 0.05) is 12.6 Å². The summed E-state index contributed by atoms with van der Waals surface area (Å²) < 4.78 is 4.97. The number of nitrogens with zero attached hydrogens (tertiary/aromatic N) is 2. The molecule has 5 nitrogen and oxygen atoms in total. The molecule has 1 aromatic carbocycles. The van der Waals surface area contributed by atoms with Gasteiger partial charge >= 0.3 is 0 Å². The predicted octanol–water partition coefficient (Wildman–Crippen LogP) is 3.18. The number of nitrogens with one attached hydrogen (secondary N) is 1.